The summed E-state index contributed by atoms with van der Waals surface area (Å²) in [4.78, 5) is 21.7. The summed E-state index contributed by atoms with van der Waals surface area (Å²) in [5, 5.41) is 4.03. The summed E-state index contributed by atoms with van der Waals surface area (Å²) in [5.74, 6) is -10.2. The van der Waals surface area contributed by atoms with E-state index in [4.69, 9.17) is 0 Å². The van der Waals surface area contributed by atoms with Crippen LogP contribution >= 0.6 is 0 Å². The molecule has 1 aliphatic rings. The van der Waals surface area contributed by atoms with E-state index in [0.717, 1.165) is 0 Å². The normalized spacial score (nSPS) is 14.8. The molecule has 0 aromatic heterocycles. The van der Waals surface area contributed by atoms with Gasteiger partial charge in [0, 0.05) is 0 Å². The summed E-state index contributed by atoms with van der Waals surface area (Å²) in [6, 6.07) is 0. The zero-order chi connectivity index (χ0) is 14.5. The van der Waals surface area contributed by atoms with Gasteiger partial charge in [-0.2, -0.15) is 13.2 Å². The quantitative estimate of drug-likeness (QED) is 0.448. The average molecular weight is 283 g/mol. The van der Waals surface area contributed by atoms with Crippen molar-refractivity contribution in [1.82, 2.24) is 5.32 Å². The second-order valence-corrected chi connectivity index (χ2v) is 3.41. The molecule has 1 aromatic carbocycles. The first-order valence-electron chi connectivity index (χ1n) is 4.49. The number of amides is 2. The molecule has 1 radical (unpaired) electrons. The summed E-state index contributed by atoms with van der Waals surface area (Å²) in [5.41, 5.74) is -5.07. The topological polar surface area (TPSA) is 60.3 Å². The Kier molecular flexibility index (Phi) is 2.68. The van der Waals surface area contributed by atoms with E-state index in [0.29, 0.717) is 0 Å². The number of fused-ring (bicyclic) bond motifs is 1. The van der Waals surface area contributed by atoms with Crippen molar-refractivity contribution in [1.29, 1.82) is 0 Å². The Bertz CT molecular complexity index is 610. The maximum absolute atomic E-state index is 13.2. The first-order chi connectivity index (χ1) is 8.64. The fourth-order valence-corrected chi connectivity index (χ4v) is 1.45. The first kappa shape index (κ1) is 13.2. The van der Waals surface area contributed by atoms with Gasteiger partial charge in [-0.15, -0.1) is 0 Å². The molecule has 0 aliphatic carbocycles. The molecule has 10 heteroatoms. The Hall–Kier alpha value is -2.26. The minimum absolute atomic E-state index is 1.32. The van der Waals surface area contributed by atoms with Gasteiger partial charge in [0.05, 0.1) is 0 Å². The molecule has 0 saturated heterocycles. The lowest BCUT2D eigenvalue weighted by Crippen LogP contribution is -2.36. The maximum Gasteiger partial charge on any atom is 0.421 e. The second kappa shape index (κ2) is 3.87. The second-order valence-electron chi connectivity index (χ2n) is 3.41. The van der Waals surface area contributed by atoms with Gasteiger partial charge in [0.15, 0.2) is 17.5 Å². The third kappa shape index (κ3) is 1.88. The Labute approximate surface area is 99.9 Å². The number of benzene rings is 1. The standard InChI is InChI=1S/C9HF6N2O2/c10-2-1(9(13,14)15)5-6(4(12)3(2)11)17-8(19)7(18)16-5/h(H,17,19). The third-order valence-corrected chi connectivity index (χ3v) is 2.23. The lowest BCUT2D eigenvalue weighted by Gasteiger charge is -2.21. The van der Waals surface area contributed by atoms with Crippen LogP contribution in [0.5, 0.6) is 0 Å². The SMILES string of the molecule is O=C1[N]c2c(c(F)c(F)c(F)c2C(F)(F)F)NC1=O. The fraction of sp³-hybridized carbons (Fsp3) is 0.111. The van der Waals surface area contributed by atoms with Crippen molar-refractivity contribution >= 4 is 23.2 Å². The summed E-state index contributed by atoms with van der Waals surface area (Å²) in [7, 11) is 0. The van der Waals surface area contributed by atoms with Crippen molar-refractivity contribution in [3.63, 3.8) is 0 Å². The van der Waals surface area contributed by atoms with Crippen molar-refractivity contribution in [2.75, 3.05) is 5.32 Å². The molecule has 2 rings (SSSR count). The molecule has 1 heterocycles. The molecule has 0 fully saturated rings. The summed E-state index contributed by atoms with van der Waals surface area (Å²) in [6.45, 7) is 0. The maximum atomic E-state index is 13.2. The van der Waals surface area contributed by atoms with E-state index in [1.807, 2.05) is 0 Å². The van der Waals surface area contributed by atoms with Gasteiger partial charge in [-0.05, 0) is 0 Å². The van der Waals surface area contributed by atoms with E-state index < -0.39 is 52.4 Å². The molecule has 1 aliphatic heterocycles. The van der Waals surface area contributed by atoms with Gasteiger partial charge in [-0.1, -0.05) is 0 Å². The lowest BCUT2D eigenvalue weighted by atomic mass is 10.1. The molecule has 0 bridgehead atoms. The van der Waals surface area contributed by atoms with Crippen LogP contribution in [0.4, 0.5) is 37.7 Å². The number of hydrogen-bond acceptors (Lipinski definition) is 2. The zero-order valence-electron chi connectivity index (χ0n) is 8.53. The zero-order valence-corrected chi connectivity index (χ0v) is 8.53. The fourth-order valence-electron chi connectivity index (χ4n) is 1.45. The number of halogens is 6. The van der Waals surface area contributed by atoms with Gasteiger partial charge in [0.25, 0.3) is 0 Å². The van der Waals surface area contributed by atoms with Crippen LogP contribution in [0.1, 0.15) is 5.56 Å². The highest BCUT2D eigenvalue weighted by Crippen LogP contribution is 2.44. The summed E-state index contributed by atoms with van der Waals surface area (Å²) < 4.78 is 77.1. The van der Waals surface area contributed by atoms with Crippen LogP contribution in [-0.4, -0.2) is 11.8 Å². The van der Waals surface area contributed by atoms with E-state index in [2.05, 4.69) is 5.32 Å². The molecule has 0 saturated carbocycles. The molecule has 2 amide bonds. The van der Waals surface area contributed by atoms with Gasteiger partial charge in [-0.25, -0.2) is 18.5 Å². The molecule has 1 N–H and O–H groups in total. The molecule has 4 nitrogen and oxygen atoms in total. The number of rotatable bonds is 0. The Morgan fingerprint density at radius 1 is 0.947 bits per heavy atom. The predicted molar refractivity (Wildman–Crippen MR) is 46.7 cm³/mol. The largest absolute Gasteiger partial charge is 0.421 e. The number of anilines is 1. The van der Waals surface area contributed by atoms with E-state index in [1.165, 1.54) is 5.32 Å². The Morgan fingerprint density at radius 3 is 2.05 bits per heavy atom. The number of nitrogens with one attached hydrogen (secondary N) is 1. The average Bonchev–Trinajstić information content (AvgIpc) is 2.28. The van der Waals surface area contributed by atoms with E-state index in [1.54, 1.807) is 0 Å². The Morgan fingerprint density at radius 2 is 1.53 bits per heavy atom. The highest BCUT2D eigenvalue weighted by molar-refractivity contribution is 6.42. The third-order valence-electron chi connectivity index (χ3n) is 2.23. The monoisotopic (exact) mass is 283 g/mol. The van der Waals surface area contributed by atoms with Gasteiger partial charge in [0.2, 0.25) is 0 Å². The van der Waals surface area contributed by atoms with Crippen LogP contribution in [-0.2, 0) is 15.8 Å². The highest BCUT2D eigenvalue weighted by atomic mass is 19.4. The first-order valence-corrected chi connectivity index (χ1v) is 4.49. The number of carbonyl (C=O) groups is 2. The molecule has 0 atom stereocenters. The Balaban J connectivity index is 2.83. The highest BCUT2D eigenvalue weighted by Gasteiger charge is 2.45. The van der Waals surface area contributed by atoms with Crippen molar-refractivity contribution in [2.24, 2.45) is 0 Å². The van der Waals surface area contributed by atoms with E-state index in [-0.39, 0.29) is 0 Å². The van der Waals surface area contributed by atoms with Crippen LogP contribution in [0.3, 0.4) is 0 Å². The molecule has 0 unspecified atom stereocenters. The van der Waals surface area contributed by atoms with Crippen LogP contribution in [0.2, 0.25) is 0 Å². The molecular formula is C9HF6N2O2. The number of hydrogen-bond donors (Lipinski definition) is 1. The minimum atomic E-state index is -5.42. The van der Waals surface area contributed by atoms with Gasteiger partial charge in [0.1, 0.15) is 16.9 Å². The van der Waals surface area contributed by atoms with Crippen molar-refractivity contribution in [2.45, 2.75) is 6.18 Å². The van der Waals surface area contributed by atoms with Crippen molar-refractivity contribution < 1.29 is 35.9 Å². The predicted octanol–water partition coefficient (Wildman–Crippen LogP) is 1.84. The van der Waals surface area contributed by atoms with Crippen molar-refractivity contribution in [3.05, 3.63) is 23.0 Å². The van der Waals surface area contributed by atoms with Crippen molar-refractivity contribution in [3.8, 4) is 0 Å². The van der Waals surface area contributed by atoms with E-state index in [9.17, 15) is 35.9 Å². The van der Waals surface area contributed by atoms with Crippen LogP contribution in [0, 0.1) is 17.5 Å². The lowest BCUT2D eigenvalue weighted by molar-refractivity contribution is -0.141. The molecular weight excluding hydrogens is 282 g/mol. The summed E-state index contributed by atoms with van der Waals surface area (Å²) >= 11 is 0. The number of carbonyl (C=O) groups excluding carboxylic acids is 2. The van der Waals surface area contributed by atoms with Gasteiger partial charge >= 0.3 is 18.0 Å². The van der Waals surface area contributed by atoms with Crippen LogP contribution in [0.15, 0.2) is 0 Å². The minimum Gasteiger partial charge on any atom is -0.313 e. The van der Waals surface area contributed by atoms with Crippen LogP contribution < -0.4 is 10.6 Å². The van der Waals surface area contributed by atoms with Crippen LogP contribution in [0.25, 0.3) is 0 Å². The molecule has 19 heavy (non-hydrogen) atoms. The van der Waals surface area contributed by atoms with E-state index >= 15 is 0 Å². The van der Waals surface area contributed by atoms with Gasteiger partial charge < -0.3 is 5.32 Å². The smallest absolute Gasteiger partial charge is 0.313 e. The van der Waals surface area contributed by atoms with Gasteiger partial charge in [-0.3, -0.25) is 9.59 Å². The number of nitrogens with zero attached hydrogens (tertiary/aromatic N) is 1. The number of alkyl halides is 3. The molecule has 1 aromatic rings. The molecule has 101 valence electrons. The molecule has 0 spiro atoms. The summed E-state index contributed by atoms with van der Waals surface area (Å²) in [6.07, 6.45) is -5.42.